The highest BCUT2D eigenvalue weighted by Gasteiger charge is 2.32. The number of methoxy groups -OCH3 is 2. The minimum absolute atomic E-state index is 0.0540. The summed E-state index contributed by atoms with van der Waals surface area (Å²) >= 11 is 0. The number of ether oxygens (including phenoxy) is 2. The molecule has 2 aliphatic heterocycles. The van der Waals surface area contributed by atoms with Gasteiger partial charge in [0.15, 0.2) is 11.5 Å². The summed E-state index contributed by atoms with van der Waals surface area (Å²) in [6.45, 7) is 4.18. The summed E-state index contributed by atoms with van der Waals surface area (Å²) in [7, 11) is 3.25. The zero-order chi connectivity index (χ0) is 18.0. The molecule has 1 atom stereocenters. The predicted molar refractivity (Wildman–Crippen MR) is 93.6 cm³/mol. The van der Waals surface area contributed by atoms with E-state index >= 15 is 0 Å². The van der Waals surface area contributed by atoms with Crippen LogP contribution in [0.4, 0.5) is 0 Å². The highest BCUT2D eigenvalue weighted by Crippen LogP contribution is 2.34. The molecule has 0 bridgehead atoms. The van der Waals surface area contributed by atoms with Crippen molar-refractivity contribution in [2.24, 2.45) is 5.92 Å². The van der Waals surface area contributed by atoms with Gasteiger partial charge < -0.3 is 19.3 Å². The summed E-state index contributed by atoms with van der Waals surface area (Å²) in [6.07, 6.45) is 2.56. The van der Waals surface area contributed by atoms with Crippen LogP contribution in [-0.2, 0) is 22.6 Å². The minimum atomic E-state index is -0.0839. The van der Waals surface area contributed by atoms with Crippen molar-refractivity contribution in [1.29, 1.82) is 0 Å². The lowest BCUT2D eigenvalue weighted by molar-refractivity contribution is -0.140. The Bertz CT molecular complexity index is 674. The van der Waals surface area contributed by atoms with E-state index in [9.17, 15) is 9.59 Å². The van der Waals surface area contributed by atoms with Gasteiger partial charge in [-0.05, 0) is 42.5 Å². The highest BCUT2D eigenvalue weighted by atomic mass is 16.5. The van der Waals surface area contributed by atoms with Crippen LogP contribution in [0.2, 0.25) is 0 Å². The number of piperidine rings is 1. The van der Waals surface area contributed by atoms with Gasteiger partial charge in [0.1, 0.15) is 0 Å². The molecule has 3 rings (SSSR count). The summed E-state index contributed by atoms with van der Waals surface area (Å²) in [5.74, 6) is 1.55. The van der Waals surface area contributed by atoms with E-state index in [0.29, 0.717) is 25.4 Å². The monoisotopic (exact) mass is 346 g/mol. The van der Waals surface area contributed by atoms with Crippen molar-refractivity contribution in [3.63, 3.8) is 0 Å². The molecule has 6 heteroatoms. The van der Waals surface area contributed by atoms with E-state index in [-0.39, 0.29) is 17.7 Å². The second-order valence-electron chi connectivity index (χ2n) is 6.79. The van der Waals surface area contributed by atoms with Crippen LogP contribution in [0.1, 0.15) is 30.9 Å². The molecule has 0 unspecified atom stereocenters. The van der Waals surface area contributed by atoms with Crippen molar-refractivity contribution in [3.05, 3.63) is 23.3 Å². The number of hydrogen-bond acceptors (Lipinski definition) is 4. The lowest BCUT2D eigenvalue weighted by Gasteiger charge is -2.36. The van der Waals surface area contributed by atoms with Crippen molar-refractivity contribution < 1.29 is 19.1 Å². The maximum absolute atomic E-state index is 12.9. The number of benzene rings is 1. The van der Waals surface area contributed by atoms with Crippen LogP contribution in [0.3, 0.4) is 0 Å². The first kappa shape index (κ1) is 17.6. The first-order valence-corrected chi connectivity index (χ1v) is 8.81. The first-order chi connectivity index (χ1) is 12.0. The van der Waals surface area contributed by atoms with Crippen LogP contribution in [0.25, 0.3) is 0 Å². The van der Waals surface area contributed by atoms with Crippen LogP contribution in [0, 0.1) is 5.92 Å². The third kappa shape index (κ3) is 3.57. The SMILES string of the molecule is COc1cc2c(cc1OC)CN(C(=O)[C@H]1CCCN(C(C)=O)C1)CC2. The Hall–Kier alpha value is -2.24. The average molecular weight is 346 g/mol. The number of fused-ring (bicyclic) bond motifs is 1. The summed E-state index contributed by atoms with van der Waals surface area (Å²) in [5, 5.41) is 0. The van der Waals surface area contributed by atoms with Crippen LogP contribution < -0.4 is 9.47 Å². The van der Waals surface area contributed by atoms with Crippen LogP contribution in [0.15, 0.2) is 12.1 Å². The van der Waals surface area contributed by atoms with Gasteiger partial charge in [0.25, 0.3) is 0 Å². The van der Waals surface area contributed by atoms with Gasteiger partial charge in [0.05, 0.1) is 20.1 Å². The second-order valence-corrected chi connectivity index (χ2v) is 6.79. The fourth-order valence-electron chi connectivity index (χ4n) is 3.79. The molecule has 2 aliphatic rings. The van der Waals surface area contributed by atoms with E-state index < -0.39 is 0 Å². The van der Waals surface area contributed by atoms with Crippen molar-refractivity contribution in [1.82, 2.24) is 9.80 Å². The van der Waals surface area contributed by atoms with Gasteiger partial charge in [-0.15, -0.1) is 0 Å². The van der Waals surface area contributed by atoms with Crippen LogP contribution in [-0.4, -0.2) is 55.5 Å². The molecule has 0 aromatic heterocycles. The third-order valence-corrected chi connectivity index (χ3v) is 5.25. The van der Waals surface area contributed by atoms with Gasteiger partial charge >= 0.3 is 0 Å². The topological polar surface area (TPSA) is 59.1 Å². The summed E-state index contributed by atoms with van der Waals surface area (Å²) in [4.78, 5) is 28.3. The molecule has 2 heterocycles. The molecule has 25 heavy (non-hydrogen) atoms. The van der Waals surface area contributed by atoms with E-state index in [2.05, 4.69) is 0 Å². The van der Waals surface area contributed by atoms with E-state index in [4.69, 9.17) is 9.47 Å². The van der Waals surface area contributed by atoms with Crippen LogP contribution in [0.5, 0.6) is 11.5 Å². The van der Waals surface area contributed by atoms with Crippen molar-refractivity contribution in [2.75, 3.05) is 33.9 Å². The number of carbonyl (C=O) groups is 2. The lowest BCUT2D eigenvalue weighted by atomic mass is 9.93. The van der Waals surface area contributed by atoms with Gasteiger partial charge in [-0.25, -0.2) is 0 Å². The van der Waals surface area contributed by atoms with Gasteiger partial charge in [0.2, 0.25) is 11.8 Å². The van der Waals surface area contributed by atoms with E-state index in [0.717, 1.165) is 37.1 Å². The van der Waals surface area contributed by atoms with E-state index in [1.807, 2.05) is 17.0 Å². The average Bonchev–Trinajstić information content (AvgIpc) is 2.65. The molecule has 1 aromatic carbocycles. The number of likely N-dealkylation sites (tertiary alicyclic amines) is 1. The molecule has 1 aromatic rings. The summed E-state index contributed by atoms with van der Waals surface area (Å²) < 4.78 is 10.7. The van der Waals surface area contributed by atoms with Gasteiger partial charge in [-0.3, -0.25) is 9.59 Å². The molecule has 0 saturated carbocycles. The standard InChI is InChI=1S/C19H26N2O4/c1-13(22)20-7-4-5-15(11-20)19(23)21-8-6-14-9-17(24-2)18(25-3)10-16(14)12-21/h9-10,15H,4-8,11-12H2,1-3H3/t15-/m0/s1. The van der Waals surface area contributed by atoms with Gasteiger partial charge in [-0.1, -0.05) is 0 Å². The lowest BCUT2D eigenvalue weighted by Crippen LogP contribution is -2.47. The number of amides is 2. The normalized spacial score (nSPS) is 20.0. The Morgan fingerprint density at radius 1 is 1.04 bits per heavy atom. The molecule has 0 radical (unpaired) electrons. The Labute approximate surface area is 148 Å². The maximum atomic E-state index is 12.9. The quantitative estimate of drug-likeness (QED) is 0.838. The van der Waals surface area contributed by atoms with Crippen molar-refractivity contribution in [2.45, 2.75) is 32.7 Å². The predicted octanol–water partition coefficient (Wildman–Crippen LogP) is 1.85. The van der Waals surface area contributed by atoms with Crippen LogP contribution >= 0.6 is 0 Å². The Balaban J connectivity index is 1.73. The fraction of sp³-hybridized carbons (Fsp3) is 0.579. The molecule has 6 nitrogen and oxygen atoms in total. The van der Waals surface area contributed by atoms with E-state index in [1.165, 1.54) is 5.56 Å². The van der Waals surface area contributed by atoms with Crippen molar-refractivity contribution in [3.8, 4) is 11.5 Å². The Kier molecular flexibility index (Phi) is 5.16. The largest absolute Gasteiger partial charge is 0.493 e. The van der Waals surface area contributed by atoms with E-state index in [1.54, 1.807) is 26.0 Å². The summed E-state index contributed by atoms with van der Waals surface area (Å²) in [6, 6.07) is 3.98. The Morgan fingerprint density at radius 2 is 1.72 bits per heavy atom. The van der Waals surface area contributed by atoms with Crippen molar-refractivity contribution >= 4 is 11.8 Å². The van der Waals surface area contributed by atoms with Gasteiger partial charge in [0, 0.05) is 33.1 Å². The number of rotatable bonds is 3. The molecule has 136 valence electrons. The second kappa shape index (κ2) is 7.33. The molecule has 0 spiro atoms. The molecular formula is C19H26N2O4. The van der Waals surface area contributed by atoms with Gasteiger partial charge in [-0.2, -0.15) is 0 Å². The number of hydrogen-bond donors (Lipinski definition) is 0. The summed E-state index contributed by atoms with van der Waals surface area (Å²) in [5.41, 5.74) is 2.31. The molecule has 0 aliphatic carbocycles. The smallest absolute Gasteiger partial charge is 0.227 e. The Morgan fingerprint density at radius 3 is 2.36 bits per heavy atom. The molecule has 1 saturated heterocycles. The molecule has 2 amide bonds. The maximum Gasteiger partial charge on any atom is 0.227 e. The number of nitrogens with zero attached hydrogens (tertiary/aromatic N) is 2. The fourth-order valence-corrected chi connectivity index (χ4v) is 3.79. The zero-order valence-corrected chi connectivity index (χ0v) is 15.2. The number of carbonyl (C=O) groups excluding carboxylic acids is 2. The highest BCUT2D eigenvalue weighted by molar-refractivity contribution is 5.81. The molecular weight excluding hydrogens is 320 g/mol. The zero-order valence-electron chi connectivity index (χ0n) is 15.2. The molecule has 1 fully saturated rings. The molecule has 0 N–H and O–H groups in total. The first-order valence-electron chi connectivity index (χ1n) is 8.81. The minimum Gasteiger partial charge on any atom is -0.493 e. The third-order valence-electron chi connectivity index (χ3n) is 5.25.